The molecule has 0 aromatic heterocycles. The molecule has 2 rings (SSSR count). The summed E-state index contributed by atoms with van der Waals surface area (Å²) in [4.78, 5) is 13.7. The van der Waals surface area contributed by atoms with Gasteiger partial charge in [0.15, 0.2) is 9.84 Å². The average molecular weight is 398 g/mol. The topological polar surface area (TPSA) is 63.7 Å². The number of hydrogen-bond donors (Lipinski definition) is 0. The van der Waals surface area contributed by atoms with Crippen molar-refractivity contribution in [3.05, 3.63) is 48.3 Å². The highest BCUT2D eigenvalue weighted by atomic mass is 32.2. The third-order valence-electron chi connectivity index (χ3n) is 4.55. The minimum Gasteiger partial charge on any atom is -0.444 e. The summed E-state index contributed by atoms with van der Waals surface area (Å²) in [7, 11) is -3.61. The van der Waals surface area contributed by atoms with Gasteiger partial charge in [-0.2, -0.15) is 0 Å². The second kappa shape index (κ2) is 8.42. The maximum atomic E-state index is 14.0. The molecule has 0 spiro atoms. The second-order valence-corrected chi connectivity index (χ2v) is 10.1. The molecule has 27 heavy (non-hydrogen) atoms. The molecule has 1 atom stereocenters. The van der Waals surface area contributed by atoms with Crippen molar-refractivity contribution in [3.8, 4) is 0 Å². The summed E-state index contributed by atoms with van der Waals surface area (Å²) in [6.45, 7) is 9.92. The monoisotopic (exact) mass is 397 g/mol. The Bertz CT molecular complexity index is 777. The van der Waals surface area contributed by atoms with Crippen molar-refractivity contribution >= 4 is 15.9 Å². The molecule has 0 N–H and O–H groups in total. The highest BCUT2D eigenvalue weighted by Crippen LogP contribution is 2.30. The Balaban J connectivity index is 2.00. The Morgan fingerprint density at radius 2 is 1.93 bits per heavy atom. The minimum atomic E-state index is -3.61. The van der Waals surface area contributed by atoms with E-state index in [-0.39, 0.29) is 23.3 Å². The Hall–Kier alpha value is -1.89. The van der Waals surface area contributed by atoms with Crippen LogP contribution in [0.4, 0.5) is 9.18 Å². The Labute approximate surface area is 161 Å². The highest BCUT2D eigenvalue weighted by molar-refractivity contribution is 7.91. The molecule has 1 aromatic rings. The lowest BCUT2D eigenvalue weighted by Crippen LogP contribution is -2.42. The molecule has 0 aliphatic carbocycles. The van der Waals surface area contributed by atoms with E-state index >= 15 is 0 Å². The number of amides is 1. The second-order valence-electron chi connectivity index (χ2n) is 7.92. The summed E-state index contributed by atoms with van der Waals surface area (Å²) in [6, 6.07) is 5.87. The zero-order chi connectivity index (χ0) is 20.2. The summed E-state index contributed by atoms with van der Waals surface area (Å²) in [5.41, 5.74) is -0.438. The molecule has 0 bridgehead atoms. The first-order chi connectivity index (χ1) is 12.5. The largest absolute Gasteiger partial charge is 0.444 e. The number of carbonyl (C=O) groups excluding carboxylic acids is 1. The zero-order valence-electron chi connectivity index (χ0n) is 16.2. The van der Waals surface area contributed by atoms with Crippen LogP contribution in [-0.2, 0) is 14.6 Å². The van der Waals surface area contributed by atoms with E-state index in [1.165, 1.54) is 24.3 Å². The molecule has 1 fully saturated rings. The van der Waals surface area contributed by atoms with Crippen LogP contribution in [0.2, 0.25) is 0 Å². The van der Waals surface area contributed by atoms with Gasteiger partial charge in [0.1, 0.15) is 16.7 Å². The van der Waals surface area contributed by atoms with Crippen LogP contribution in [0.3, 0.4) is 0 Å². The molecule has 1 unspecified atom stereocenters. The summed E-state index contributed by atoms with van der Waals surface area (Å²) in [5, 5.41) is -1.07. The van der Waals surface area contributed by atoms with E-state index in [1.807, 2.05) is 20.8 Å². The number of piperidine rings is 1. The minimum absolute atomic E-state index is 0.0554. The van der Waals surface area contributed by atoms with Gasteiger partial charge in [0, 0.05) is 18.7 Å². The molecule has 1 heterocycles. The van der Waals surface area contributed by atoms with Gasteiger partial charge in [0.25, 0.3) is 0 Å². The van der Waals surface area contributed by atoms with Crippen molar-refractivity contribution in [1.82, 2.24) is 4.90 Å². The van der Waals surface area contributed by atoms with Crippen LogP contribution in [0, 0.1) is 11.7 Å². The first-order valence-corrected chi connectivity index (χ1v) is 10.8. The molecule has 5 nitrogen and oxygen atoms in total. The molecule has 1 saturated heterocycles. The third-order valence-corrected chi connectivity index (χ3v) is 6.70. The van der Waals surface area contributed by atoms with Crippen molar-refractivity contribution in [2.75, 3.05) is 18.8 Å². The molecule has 1 aromatic carbocycles. The lowest BCUT2D eigenvalue weighted by Gasteiger charge is -2.33. The van der Waals surface area contributed by atoms with Gasteiger partial charge in [0.2, 0.25) is 0 Å². The molecule has 0 saturated carbocycles. The van der Waals surface area contributed by atoms with E-state index in [4.69, 9.17) is 4.74 Å². The van der Waals surface area contributed by atoms with E-state index in [0.29, 0.717) is 25.9 Å². The molecular weight excluding hydrogens is 369 g/mol. The van der Waals surface area contributed by atoms with Crippen molar-refractivity contribution in [3.63, 3.8) is 0 Å². The van der Waals surface area contributed by atoms with Gasteiger partial charge in [-0.3, -0.25) is 0 Å². The van der Waals surface area contributed by atoms with E-state index in [1.54, 1.807) is 11.0 Å². The first-order valence-electron chi connectivity index (χ1n) is 9.10. The van der Waals surface area contributed by atoms with E-state index in [9.17, 15) is 17.6 Å². The van der Waals surface area contributed by atoms with Gasteiger partial charge in [-0.15, -0.1) is 6.58 Å². The number of nitrogens with zero attached hydrogens (tertiary/aromatic N) is 1. The Morgan fingerprint density at radius 3 is 2.44 bits per heavy atom. The third kappa shape index (κ3) is 5.79. The maximum Gasteiger partial charge on any atom is 0.410 e. The molecule has 0 radical (unpaired) electrons. The van der Waals surface area contributed by atoms with Gasteiger partial charge in [-0.25, -0.2) is 17.6 Å². The smallest absolute Gasteiger partial charge is 0.410 e. The fourth-order valence-corrected chi connectivity index (χ4v) is 5.28. The summed E-state index contributed by atoms with van der Waals surface area (Å²) >= 11 is 0. The fraction of sp³-hybridized carbons (Fsp3) is 0.550. The quantitative estimate of drug-likeness (QED) is 0.701. The van der Waals surface area contributed by atoms with Gasteiger partial charge < -0.3 is 9.64 Å². The zero-order valence-corrected chi connectivity index (χ0v) is 17.0. The highest BCUT2D eigenvalue weighted by Gasteiger charge is 2.33. The predicted molar refractivity (Wildman–Crippen MR) is 104 cm³/mol. The van der Waals surface area contributed by atoms with Crippen molar-refractivity contribution in [2.45, 2.75) is 44.5 Å². The number of likely N-dealkylation sites (tertiary alicyclic amines) is 1. The van der Waals surface area contributed by atoms with Crippen LogP contribution in [0.25, 0.3) is 0 Å². The van der Waals surface area contributed by atoms with Crippen LogP contribution in [0.15, 0.2) is 36.9 Å². The average Bonchev–Trinajstić information content (AvgIpc) is 2.55. The Morgan fingerprint density at radius 1 is 1.33 bits per heavy atom. The van der Waals surface area contributed by atoms with Crippen LogP contribution in [-0.4, -0.2) is 43.9 Å². The number of rotatable bonds is 5. The predicted octanol–water partition coefficient (Wildman–Crippen LogP) is 4.11. The SMILES string of the molecule is C=CC(c1ccccc1F)S(=O)(=O)CC1CCN(C(=O)OC(C)(C)C)CC1. The molecule has 1 amide bonds. The molecular formula is C20H28FNO4S. The number of hydrogen-bond acceptors (Lipinski definition) is 4. The van der Waals surface area contributed by atoms with Crippen LogP contribution < -0.4 is 0 Å². The summed E-state index contributed by atoms with van der Waals surface area (Å²) in [6.07, 6.45) is 2.04. The molecule has 1 aliphatic rings. The normalized spacial score (nSPS) is 17.4. The number of carbonyl (C=O) groups is 1. The fourth-order valence-electron chi connectivity index (χ4n) is 3.21. The first kappa shape index (κ1) is 21.4. The number of ether oxygens (including phenoxy) is 1. The lowest BCUT2D eigenvalue weighted by atomic mass is 9.99. The van der Waals surface area contributed by atoms with E-state index in [2.05, 4.69) is 6.58 Å². The van der Waals surface area contributed by atoms with Gasteiger partial charge in [0.05, 0.1) is 5.75 Å². The van der Waals surface area contributed by atoms with Gasteiger partial charge >= 0.3 is 6.09 Å². The van der Waals surface area contributed by atoms with Crippen molar-refractivity contribution in [1.29, 1.82) is 0 Å². The van der Waals surface area contributed by atoms with Crippen LogP contribution in [0.1, 0.15) is 44.4 Å². The van der Waals surface area contributed by atoms with Crippen molar-refractivity contribution < 1.29 is 22.3 Å². The van der Waals surface area contributed by atoms with Crippen LogP contribution in [0.5, 0.6) is 0 Å². The Kier molecular flexibility index (Phi) is 6.68. The maximum absolute atomic E-state index is 14.0. The van der Waals surface area contributed by atoms with E-state index in [0.717, 1.165) is 0 Å². The lowest BCUT2D eigenvalue weighted by molar-refractivity contribution is 0.0191. The summed E-state index contributed by atoms with van der Waals surface area (Å²) in [5.74, 6) is -0.686. The number of halogens is 1. The van der Waals surface area contributed by atoms with Gasteiger partial charge in [-0.1, -0.05) is 24.3 Å². The van der Waals surface area contributed by atoms with Crippen LogP contribution >= 0.6 is 0 Å². The number of sulfone groups is 1. The van der Waals surface area contributed by atoms with Gasteiger partial charge in [-0.05, 0) is 45.6 Å². The molecule has 150 valence electrons. The summed E-state index contributed by atoms with van der Waals surface area (Å²) < 4.78 is 45.1. The molecule has 1 aliphatic heterocycles. The van der Waals surface area contributed by atoms with Crippen molar-refractivity contribution in [2.24, 2.45) is 5.92 Å². The van der Waals surface area contributed by atoms with E-state index < -0.39 is 26.5 Å². The number of benzene rings is 1. The molecule has 7 heteroatoms. The standard InChI is InChI=1S/C20H28FNO4S/c1-5-18(16-8-6-7-9-17(16)21)27(24,25)14-15-10-12-22(13-11-15)19(23)26-20(2,3)4/h5-9,15,18H,1,10-14H2,2-4H3.